The fourth-order valence-electron chi connectivity index (χ4n) is 2.78. The Labute approximate surface area is 169 Å². The highest BCUT2D eigenvalue weighted by Crippen LogP contribution is 2.34. The molecule has 156 valence electrons. The Morgan fingerprint density at radius 3 is 2.52 bits per heavy atom. The van der Waals surface area contributed by atoms with Crippen LogP contribution in [0.1, 0.15) is 21.9 Å². The molecule has 0 aliphatic heterocycles. The number of anilines is 1. The molecule has 0 bridgehead atoms. The molecule has 6 nitrogen and oxygen atoms in total. The molecule has 10 heteroatoms. The molecule has 0 aliphatic rings. The first-order valence-electron chi connectivity index (χ1n) is 8.73. The highest BCUT2D eigenvalue weighted by atomic mass is 32.1. The van der Waals surface area contributed by atoms with Crippen molar-refractivity contribution in [3.05, 3.63) is 41.3 Å². The minimum absolute atomic E-state index is 0.271. The highest BCUT2D eigenvalue weighted by Gasteiger charge is 2.31. The van der Waals surface area contributed by atoms with Gasteiger partial charge in [-0.3, -0.25) is 9.69 Å². The summed E-state index contributed by atoms with van der Waals surface area (Å²) in [6.45, 7) is 4.42. The molecule has 1 amide bonds. The first-order valence-corrected chi connectivity index (χ1v) is 9.55. The third-order valence-corrected chi connectivity index (χ3v) is 5.14. The highest BCUT2D eigenvalue weighted by molar-refractivity contribution is 7.22. The van der Waals surface area contributed by atoms with Crippen LogP contribution < -0.4 is 9.64 Å². The number of amides is 1. The smallest absolute Gasteiger partial charge is 0.466 e. The number of halogens is 3. The van der Waals surface area contributed by atoms with Crippen molar-refractivity contribution in [1.82, 2.24) is 9.88 Å². The summed E-state index contributed by atoms with van der Waals surface area (Å²) in [7, 11) is 3.77. The minimum atomic E-state index is -4.77. The Bertz CT molecular complexity index is 1030. The number of hydrogen-bond donors (Lipinski definition) is 0. The fourth-order valence-corrected chi connectivity index (χ4v) is 3.80. The van der Waals surface area contributed by atoms with Crippen LogP contribution in [0.4, 0.5) is 18.3 Å². The van der Waals surface area contributed by atoms with Crippen molar-refractivity contribution in [2.24, 2.45) is 0 Å². The van der Waals surface area contributed by atoms with Gasteiger partial charge in [0, 0.05) is 19.2 Å². The third-order valence-electron chi connectivity index (χ3n) is 4.10. The van der Waals surface area contributed by atoms with E-state index < -0.39 is 6.36 Å². The number of aryl methyl sites for hydroxylation is 2. The second kappa shape index (κ2) is 8.03. The Balaban J connectivity index is 1.97. The first-order chi connectivity index (χ1) is 13.5. The van der Waals surface area contributed by atoms with Crippen LogP contribution in [0, 0.1) is 13.8 Å². The molecule has 0 saturated heterocycles. The topological polar surface area (TPSA) is 58.8 Å². The quantitative estimate of drug-likeness (QED) is 0.575. The van der Waals surface area contributed by atoms with E-state index in [0.717, 1.165) is 11.3 Å². The van der Waals surface area contributed by atoms with E-state index in [-0.39, 0.29) is 11.7 Å². The molecule has 2 aromatic heterocycles. The van der Waals surface area contributed by atoms with Crippen molar-refractivity contribution in [3.8, 4) is 5.75 Å². The Kier molecular flexibility index (Phi) is 5.85. The maximum atomic E-state index is 13.2. The number of benzene rings is 1. The van der Waals surface area contributed by atoms with Gasteiger partial charge in [-0.25, -0.2) is 4.98 Å². The summed E-state index contributed by atoms with van der Waals surface area (Å²) >= 11 is 1.13. The number of nitrogens with zero attached hydrogens (tertiary/aromatic N) is 3. The largest absolute Gasteiger partial charge is 0.573 e. The number of alkyl halides is 3. The maximum Gasteiger partial charge on any atom is 0.573 e. The van der Waals surface area contributed by atoms with Crippen LogP contribution >= 0.6 is 11.3 Å². The lowest BCUT2D eigenvalue weighted by Crippen LogP contribution is -2.36. The van der Waals surface area contributed by atoms with Gasteiger partial charge in [0.25, 0.3) is 5.91 Å². The Morgan fingerprint density at radius 2 is 1.93 bits per heavy atom. The van der Waals surface area contributed by atoms with Crippen LogP contribution in [0.3, 0.4) is 0 Å². The summed E-state index contributed by atoms with van der Waals surface area (Å²) in [6.07, 6.45) is -4.77. The lowest BCUT2D eigenvalue weighted by Gasteiger charge is -2.21. The molecule has 29 heavy (non-hydrogen) atoms. The zero-order valence-corrected chi connectivity index (χ0v) is 17.1. The van der Waals surface area contributed by atoms with Crippen LogP contribution in [0.25, 0.3) is 10.2 Å². The average Bonchev–Trinajstić information content (AvgIpc) is 3.15. The SMILES string of the molecule is Cc1cc(C(=O)N(CCN(C)C)c2nc3ccc(OC(F)(F)F)cc3s2)c(C)o1. The molecule has 0 radical (unpaired) electrons. The van der Waals surface area contributed by atoms with Gasteiger partial charge in [0.2, 0.25) is 0 Å². The minimum Gasteiger partial charge on any atom is -0.466 e. The van der Waals surface area contributed by atoms with Crippen molar-refractivity contribution in [3.63, 3.8) is 0 Å². The van der Waals surface area contributed by atoms with Crippen molar-refractivity contribution < 1.29 is 27.1 Å². The number of hydrogen-bond acceptors (Lipinski definition) is 6. The molecule has 0 unspecified atom stereocenters. The molecular formula is C19H20F3N3O3S. The summed E-state index contributed by atoms with van der Waals surface area (Å²) in [4.78, 5) is 21.1. The first kappa shape index (κ1) is 21.1. The second-order valence-electron chi connectivity index (χ2n) is 6.76. The van der Waals surface area contributed by atoms with Gasteiger partial charge in [0.1, 0.15) is 17.3 Å². The average molecular weight is 427 g/mol. The fraction of sp³-hybridized carbons (Fsp3) is 0.368. The Hall–Kier alpha value is -2.59. The molecule has 0 aliphatic carbocycles. The molecular weight excluding hydrogens is 407 g/mol. The van der Waals surface area contributed by atoms with Crippen LogP contribution in [0.15, 0.2) is 28.7 Å². The number of likely N-dealkylation sites (N-methyl/N-ethyl adjacent to an activating group) is 1. The van der Waals surface area contributed by atoms with Crippen molar-refractivity contribution >= 4 is 32.6 Å². The standard InChI is InChI=1S/C19H20F3N3O3S/c1-11-9-14(12(2)27-11)17(26)25(8-7-24(3)4)18-23-15-6-5-13(10-16(15)29-18)28-19(20,21)22/h5-6,9-10H,7-8H2,1-4H3. The van der Waals surface area contributed by atoms with Gasteiger partial charge >= 0.3 is 6.36 Å². The monoisotopic (exact) mass is 427 g/mol. The molecule has 0 atom stereocenters. The number of furan rings is 1. The Morgan fingerprint density at radius 1 is 1.21 bits per heavy atom. The molecule has 0 saturated carbocycles. The van der Waals surface area contributed by atoms with Crippen LogP contribution in [0.2, 0.25) is 0 Å². The van der Waals surface area contributed by atoms with Gasteiger partial charge in [-0.05, 0) is 46.1 Å². The molecule has 1 aromatic carbocycles. The number of fused-ring (bicyclic) bond motifs is 1. The predicted molar refractivity (Wildman–Crippen MR) is 105 cm³/mol. The molecule has 0 fully saturated rings. The molecule has 3 rings (SSSR count). The maximum absolute atomic E-state index is 13.2. The summed E-state index contributed by atoms with van der Waals surface area (Å²) < 4.78 is 47.4. The normalized spacial score (nSPS) is 12.0. The molecule has 2 heterocycles. The van der Waals surface area contributed by atoms with Gasteiger partial charge in [-0.15, -0.1) is 13.2 Å². The molecule has 3 aromatic rings. The van der Waals surface area contributed by atoms with E-state index in [2.05, 4.69) is 9.72 Å². The number of aromatic nitrogens is 1. The lowest BCUT2D eigenvalue weighted by atomic mass is 10.2. The number of thiazole rings is 1. The third kappa shape index (κ3) is 5.07. The summed E-state index contributed by atoms with van der Waals surface area (Å²) in [5.74, 6) is 0.528. The van der Waals surface area contributed by atoms with Gasteiger partial charge in [-0.1, -0.05) is 11.3 Å². The predicted octanol–water partition coefficient (Wildman–Crippen LogP) is 4.61. The summed E-state index contributed by atoms with van der Waals surface area (Å²) in [5.41, 5.74) is 0.920. The van der Waals surface area contributed by atoms with Gasteiger partial charge in [0.15, 0.2) is 5.13 Å². The number of carbonyl (C=O) groups is 1. The molecule has 0 spiro atoms. The van der Waals surface area contributed by atoms with Crippen LogP contribution in [-0.2, 0) is 0 Å². The lowest BCUT2D eigenvalue weighted by molar-refractivity contribution is -0.274. The zero-order chi connectivity index (χ0) is 21.3. The van der Waals surface area contributed by atoms with E-state index in [1.54, 1.807) is 19.9 Å². The molecule has 0 N–H and O–H groups in total. The summed E-state index contributed by atoms with van der Waals surface area (Å²) in [5, 5.41) is 0.397. The van der Waals surface area contributed by atoms with E-state index in [4.69, 9.17) is 4.42 Å². The second-order valence-corrected chi connectivity index (χ2v) is 7.77. The van der Waals surface area contributed by atoms with Crippen molar-refractivity contribution in [2.45, 2.75) is 20.2 Å². The van der Waals surface area contributed by atoms with Crippen LogP contribution in [0.5, 0.6) is 5.75 Å². The van der Waals surface area contributed by atoms with Crippen molar-refractivity contribution in [1.29, 1.82) is 0 Å². The van der Waals surface area contributed by atoms with E-state index in [1.165, 1.54) is 23.1 Å². The van der Waals surface area contributed by atoms with E-state index in [1.807, 2.05) is 19.0 Å². The number of ether oxygens (including phenoxy) is 1. The van der Waals surface area contributed by atoms with E-state index in [0.29, 0.717) is 45.5 Å². The van der Waals surface area contributed by atoms with E-state index >= 15 is 0 Å². The summed E-state index contributed by atoms with van der Waals surface area (Å²) in [6, 6.07) is 5.59. The number of carbonyl (C=O) groups excluding carboxylic acids is 1. The van der Waals surface area contributed by atoms with Gasteiger partial charge in [0.05, 0.1) is 15.8 Å². The van der Waals surface area contributed by atoms with E-state index in [9.17, 15) is 18.0 Å². The van der Waals surface area contributed by atoms with Gasteiger partial charge < -0.3 is 14.1 Å². The number of rotatable bonds is 6. The zero-order valence-electron chi connectivity index (χ0n) is 16.3. The van der Waals surface area contributed by atoms with Crippen LogP contribution in [-0.4, -0.2) is 49.3 Å². The van der Waals surface area contributed by atoms with Crippen molar-refractivity contribution in [2.75, 3.05) is 32.1 Å². The van der Waals surface area contributed by atoms with Gasteiger partial charge in [-0.2, -0.15) is 0 Å².